The van der Waals surface area contributed by atoms with Crippen LogP contribution in [0.4, 0.5) is 4.79 Å². The van der Waals surface area contributed by atoms with E-state index >= 15 is 0 Å². The van der Waals surface area contributed by atoms with Crippen LogP contribution in [0.25, 0.3) is 0 Å². The van der Waals surface area contributed by atoms with Crippen molar-refractivity contribution >= 4 is 18.0 Å². The van der Waals surface area contributed by atoms with E-state index in [2.05, 4.69) is 0 Å². The molecule has 0 radical (unpaired) electrons. The fourth-order valence-electron chi connectivity index (χ4n) is 3.33. The Hall–Kier alpha value is -1.79. The van der Waals surface area contributed by atoms with Gasteiger partial charge < -0.3 is 19.5 Å². The summed E-state index contributed by atoms with van der Waals surface area (Å²) in [7, 11) is 0. The number of esters is 1. The molecule has 1 saturated heterocycles. The zero-order valence-corrected chi connectivity index (χ0v) is 15.2. The smallest absolute Gasteiger partial charge is 0.410 e. The number of amides is 1. The lowest BCUT2D eigenvalue weighted by Gasteiger charge is -2.36. The van der Waals surface area contributed by atoms with Gasteiger partial charge in [-0.1, -0.05) is 0 Å². The summed E-state index contributed by atoms with van der Waals surface area (Å²) in [6, 6.07) is 0.156. The Bertz CT molecular complexity index is 466. The number of hydrogen-bond acceptors (Lipinski definition) is 5. The topological polar surface area (TPSA) is 93.1 Å². The van der Waals surface area contributed by atoms with Crippen LogP contribution in [0.15, 0.2) is 0 Å². The van der Waals surface area contributed by atoms with E-state index in [1.807, 2.05) is 25.7 Å². The first kappa shape index (κ1) is 20.3. The molecule has 0 aromatic carbocycles. The second-order valence-corrected chi connectivity index (χ2v) is 7.29. The molecular weight excluding hydrogens is 314 g/mol. The second kappa shape index (κ2) is 8.35. The summed E-state index contributed by atoms with van der Waals surface area (Å²) in [4.78, 5) is 34.2. The summed E-state index contributed by atoms with van der Waals surface area (Å²) in [6.07, 6.45) is 3.47. The normalized spacial score (nSPS) is 25.9. The Morgan fingerprint density at radius 1 is 1.08 bits per heavy atom. The van der Waals surface area contributed by atoms with Crippen molar-refractivity contribution in [2.75, 3.05) is 6.54 Å². The molecule has 1 amide bonds. The maximum atomic E-state index is 12.2. The lowest BCUT2D eigenvalue weighted by atomic mass is 9.82. The molecule has 24 heavy (non-hydrogen) atoms. The molecule has 7 heteroatoms. The van der Waals surface area contributed by atoms with Crippen molar-refractivity contribution in [2.45, 2.75) is 78.0 Å². The minimum absolute atomic E-state index is 0.0429. The molecule has 1 aliphatic heterocycles. The average Bonchev–Trinajstić information content (AvgIpc) is 2.80. The molecule has 2 rings (SSSR count). The minimum atomic E-state index is -0.833. The van der Waals surface area contributed by atoms with Gasteiger partial charge in [-0.3, -0.25) is 9.59 Å². The van der Waals surface area contributed by atoms with Crippen LogP contribution in [0, 0.1) is 5.92 Å². The van der Waals surface area contributed by atoms with Crippen molar-refractivity contribution in [1.82, 2.24) is 4.90 Å². The molecule has 2 fully saturated rings. The van der Waals surface area contributed by atoms with Gasteiger partial charge in [0.05, 0.1) is 0 Å². The lowest BCUT2D eigenvalue weighted by Crippen LogP contribution is -2.46. The van der Waals surface area contributed by atoms with Crippen molar-refractivity contribution in [3.8, 4) is 0 Å². The number of nitrogens with zero attached hydrogens (tertiary/aromatic N) is 1. The van der Waals surface area contributed by atoms with Crippen LogP contribution in [0.3, 0.4) is 0 Å². The number of carbonyl (C=O) groups is 3. The number of fused-ring (bicyclic) bond motifs is 1. The van der Waals surface area contributed by atoms with E-state index in [4.69, 9.17) is 19.4 Å². The number of ether oxygens (including phenoxy) is 2. The zero-order valence-electron chi connectivity index (χ0n) is 15.2. The molecule has 0 aromatic heterocycles. The van der Waals surface area contributed by atoms with E-state index < -0.39 is 11.6 Å². The Morgan fingerprint density at radius 3 is 2.17 bits per heavy atom. The molecule has 3 atom stereocenters. The summed E-state index contributed by atoms with van der Waals surface area (Å²) in [5.74, 6) is -0.800. The number of likely N-dealkylation sites (tertiary alicyclic amines) is 1. The molecule has 1 saturated carbocycles. The van der Waals surface area contributed by atoms with Crippen LogP contribution in [-0.4, -0.2) is 52.3 Å². The van der Waals surface area contributed by atoms with Gasteiger partial charge in [0.15, 0.2) is 0 Å². The quantitative estimate of drug-likeness (QED) is 0.736. The highest BCUT2D eigenvalue weighted by Crippen LogP contribution is 2.38. The second-order valence-electron chi connectivity index (χ2n) is 7.29. The third-order valence-electron chi connectivity index (χ3n) is 4.01. The van der Waals surface area contributed by atoms with Gasteiger partial charge in [0.2, 0.25) is 0 Å². The zero-order chi connectivity index (χ0) is 18.5. The van der Waals surface area contributed by atoms with Crippen LogP contribution in [0.1, 0.15) is 60.3 Å². The first-order chi connectivity index (χ1) is 11.0. The van der Waals surface area contributed by atoms with Gasteiger partial charge in [0, 0.05) is 32.4 Å². The predicted molar refractivity (Wildman–Crippen MR) is 87.5 cm³/mol. The summed E-state index contributed by atoms with van der Waals surface area (Å²) in [5.41, 5.74) is -0.473. The van der Waals surface area contributed by atoms with Gasteiger partial charge >= 0.3 is 12.1 Å². The molecule has 7 nitrogen and oxygen atoms in total. The number of aliphatic carboxylic acids is 1. The first-order valence-electron chi connectivity index (χ1n) is 8.37. The Labute approximate surface area is 143 Å². The fraction of sp³-hybridized carbons (Fsp3) is 0.824. The van der Waals surface area contributed by atoms with E-state index in [1.165, 1.54) is 6.92 Å². The third-order valence-corrected chi connectivity index (χ3v) is 4.01. The summed E-state index contributed by atoms with van der Waals surface area (Å²) >= 11 is 0. The van der Waals surface area contributed by atoms with E-state index in [0.717, 1.165) is 32.6 Å². The monoisotopic (exact) mass is 343 g/mol. The molecule has 0 aromatic rings. The van der Waals surface area contributed by atoms with Crippen LogP contribution in [0.2, 0.25) is 0 Å². The van der Waals surface area contributed by atoms with E-state index in [0.29, 0.717) is 6.54 Å². The van der Waals surface area contributed by atoms with Crippen LogP contribution in [0.5, 0.6) is 0 Å². The van der Waals surface area contributed by atoms with Crippen molar-refractivity contribution in [3.05, 3.63) is 0 Å². The maximum Gasteiger partial charge on any atom is 0.410 e. The summed E-state index contributed by atoms with van der Waals surface area (Å²) in [5, 5.41) is 7.42. The van der Waals surface area contributed by atoms with Crippen molar-refractivity contribution in [2.24, 2.45) is 5.92 Å². The molecule has 0 spiro atoms. The van der Waals surface area contributed by atoms with E-state index in [-0.39, 0.29) is 30.1 Å². The van der Waals surface area contributed by atoms with Gasteiger partial charge in [-0.2, -0.15) is 0 Å². The van der Waals surface area contributed by atoms with Gasteiger partial charge in [0.25, 0.3) is 5.97 Å². The maximum absolute atomic E-state index is 12.2. The van der Waals surface area contributed by atoms with E-state index in [9.17, 15) is 9.59 Å². The fourth-order valence-corrected chi connectivity index (χ4v) is 3.33. The number of carbonyl (C=O) groups excluding carboxylic acids is 2. The third kappa shape index (κ3) is 6.37. The van der Waals surface area contributed by atoms with Gasteiger partial charge in [-0.05, 0) is 46.5 Å². The Balaban J connectivity index is 0.000000648. The number of rotatable bonds is 1. The van der Waals surface area contributed by atoms with Crippen molar-refractivity contribution in [3.63, 3.8) is 0 Å². The molecule has 138 valence electrons. The Morgan fingerprint density at radius 2 is 1.67 bits per heavy atom. The minimum Gasteiger partial charge on any atom is -0.481 e. The van der Waals surface area contributed by atoms with Crippen LogP contribution >= 0.6 is 0 Å². The van der Waals surface area contributed by atoms with Gasteiger partial charge in [-0.15, -0.1) is 0 Å². The first-order valence-corrected chi connectivity index (χ1v) is 8.37. The largest absolute Gasteiger partial charge is 0.481 e. The summed E-state index contributed by atoms with van der Waals surface area (Å²) < 4.78 is 10.9. The molecule has 0 unspecified atom stereocenters. The Kier molecular flexibility index (Phi) is 7.05. The molecule has 0 bridgehead atoms. The number of carboxylic acids is 1. The average molecular weight is 343 g/mol. The van der Waals surface area contributed by atoms with E-state index in [1.54, 1.807) is 0 Å². The SMILES string of the molecule is CC(=O)O.CC(=O)O[C@@H]1CCC[C@H]2[C@@H]1CCN2C(=O)OC(C)(C)C. The molecule has 1 N–H and O–H groups in total. The highest BCUT2D eigenvalue weighted by Gasteiger charge is 2.45. The summed E-state index contributed by atoms with van der Waals surface area (Å²) in [6.45, 7) is 8.86. The molecule has 1 aliphatic carbocycles. The molecule has 1 heterocycles. The standard InChI is InChI=1S/C15H25NO4.C2H4O2/c1-10(17)19-13-7-5-6-12-11(13)8-9-16(12)14(18)20-15(2,3)4;1-2(3)4/h11-13H,5-9H2,1-4H3;1H3,(H,3,4)/t11-,12-,13+;/m0./s1. The van der Waals surface area contributed by atoms with Crippen LogP contribution < -0.4 is 0 Å². The van der Waals surface area contributed by atoms with Crippen molar-refractivity contribution < 1.29 is 29.0 Å². The highest BCUT2D eigenvalue weighted by molar-refractivity contribution is 5.69. The number of hydrogen-bond donors (Lipinski definition) is 1. The lowest BCUT2D eigenvalue weighted by molar-refractivity contribution is -0.151. The van der Waals surface area contributed by atoms with Gasteiger partial charge in [-0.25, -0.2) is 4.79 Å². The highest BCUT2D eigenvalue weighted by atomic mass is 16.6. The molecular formula is C17H29NO6. The number of carboxylic acid groups (broad SMARTS) is 1. The van der Waals surface area contributed by atoms with Crippen molar-refractivity contribution in [1.29, 1.82) is 0 Å². The van der Waals surface area contributed by atoms with Gasteiger partial charge in [0.1, 0.15) is 11.7 Å². The predicted octanol–water partition coefficient (Wildman–Crippen LogP) is 2.82. The molecule has 2 aliphatic rings. The van der Waals surface area contributed by atoms with Crippen LogP contribution in [-0.2, 0) is 19.1 Å².